The Hall–Kier alpha value is -1.71. The zero-order valence-electron chi connectivity index (χ0n) is 12.4. The summed E-state index contributed by atoms with van der Waals surface area (Å²) in [5.74, 6) is 5.27. The number of nitrogens with one attached hydrogen (secondary N) is 1. The number of nitrogens with zero attached hydrogens (tertiary/aromatic N) is 2. The lowest BCUT2D eigenvalue weighted by Crippen LogP contribution is -2.38. The highest BCUT2D eigenvalue weighted by Crippen LogP contribution is 2.30. The number of hydrogen-bond acceptors (Lipinski definition) is 6. The molecule has 0 aliphatic heterocycles. The third kappa shape index (κ3) is 3.49. The minimum Gasteiger partial charge on any atom is -0.324 e. The van der Waals surface area contributed by atoms with Crippen LogP contribution in [0.1, 0.15) is 20.8 Å². The van der Waals surface area contributed by atoms with E-state index in [-0.39, 0.29) is 22.5 Å². The highest BCUT2D eigenvalue weighted by atomic mass is 32.2. The van der Waals surface area contributed by atoms with E-state index in [1.165, 1.54) is 19.2 Å². The number of hydrazine groups is 1. The van der Waals surface area contributed by atoms with Crippen LogP contribution < -0.4 is 11.3 Å². The molecular weight excluding hydrogens is 296 g/mol. The van der Waals surface area contributed by atoms with Gasteiger partial charge in [-0.05, 0) is 25.0 Å². The summed E-state index contributed by atoms with van der Waals surface area (Å²) in [6.07, 6.45) is 0. The number of nitro groups is 1. The van der Waals surface area contributed by atoms with Gasteiger partial charge >= 0.3 is 0 Å². The molecule has 0 spiro atoms. The van der Waals surface area contributed by atoms with Crippen molar-refractivity contribution in [3.8, 4) is 0 Å². The van der Waals surface area contributed by atoms with Crippen LogP contribution in [0.25, 0.3) is 0 Å². The highest BCUT2D eigenvalue weighted by Gasteiger charge is 2.33. The second-order valence-corrected chi connectivity index (χ2v) is 7.06. The van der Waals surface area contributed by atoms with Gasteiger partial charge < -0.3 is 5.43 Å². The molecule has 1 atom stereocenters. The van der Waals surface area contributed by atoms with Gasteiger partial charge in [-0.25, -0.2) is 8.42 Å². The second kappa shape index (κ2) is 6.37. The first-order valence-electron chi connectivity index (χ1n) is 6.36. The number of rotatable bonds is 6. The molecule has 0 heterocycles. The molecule has 9 heteroatoms. The van der Waals surface area contributed by atoms with Gasteiger partial charge in [-0.2, -0.15) is 4.31 Å². The smallest absolute Gasteiger partial charge is 0.291 e. The fourth-order valence-corrected chi connectivity index (χ4v) is 3.39. The van der Waals surface area contributed by atoms with Gasteiger partial charge in [-0.1, -0.05) is 13.8 Å². The maximum absolute atomic E-state index is 12.6. The Kier molecular flexibility index (Phi) is 5.26. The van der Waals surface area contributed by atoms with Crippen LogP contribution in [0.15, 0.2) is 23.1 Å². The summed E-state index contributed by atoms with van der Waals surface area (Å²) in [5.41, 5.74) is 2.02. The van der Waals surface area contributed by atoms with Crippen molar-refractivity contribution in [2.45, 2.75) is 31.7 Å². The predicted molar refractivity (Wildman–Crippen MR) is 80.2 cm³/mol. The molecule has 118 valence electrons. The van der Waals surface area contributed by atoms with E-state index in [2.05, 4.69) is 5.43 Å². The van der Waals surface area contributed by atoms with E-state index in [1.54, 1.807) is 6.92 Å². The van der Waals surface area contributed by atoms with Gasteiger partial charge in [0.25, 0.3) is 5.69 Å². The Morgan fingerprint density at radius 3 is 2.33 bits per heavy atom. The third-order valence-electron chi connectivity index (χ3n) is 3.52. The zero-order valence-corrected chi connectivity index (χ0v) is 13.2. The fourth-order valence-electron chi connectivity index (χ4n) is 1.76. The summed E-state index contributed by atoms with van der Waals surface area (Å²) in [6, 6.07) is 3.38. The average molecular weight is 316 g/mol. The molecule has 0 aliphatic rings. The van der Waals surface area contributed by atoms with E-state index in [0.29, 0.717) is 0 Å². The van der Waals surface area contributed by atoms with E-state index in [9.17, 15) is 18.5 Å². The largest absolute Gasteiger partial charge is 0.324 e. The SMILES string of the molecule is CC(C)C(C)N(C)S(=O)(=O)c1ccc(NN)cc1[N+](=O)[O-]. The number of hydrogen-bond donors (Lipinski definition) is 2. The fraction of sp³-hybridized carbons (Fsp3) is 0.500. The Morgan fingerprint density at radius 1 is 1.33 bits per heavy atom. The molecule has 1 rings (SSSR count). The number of anilines is 1. The molecule has 0 saturated carbocycles. The van der Waals surface area contributed by atoms with Crippen LogP contribution in [0, 0.1) is 16.0 Å². The predicted octanol–water partition coefficient (Wildman–Crippen LogP) is 1.55. The quantitative estimate of drug-likeness (QED) is 0.467. The lowest BCUT2D eigenvalue weighted by atomic mass is 10.1. The van der Waals surface area contributed by atoms with Crippen molar-refractivity contribution >= 4 is 21.4 Å². The first-order chi connectivity index (χ1) is 9.62. The van der Waals surface area contributed by atoms with E-state index in [1.807, 2.05) is 13.8 Å². The molecule has 1 unspecified atom stereocenters. The normalized spacial score (nSPS) is 13.5. The van der Waals surface area contributed by atoms with E-state index >= 15 is 0 Å². The van der Waals surface area contributed by atoms with Crippen LogP contribution in [0.2, 0.25) is 0 Å². The molecule has 0 aliphatic carbocycles. The van der Waals surface area contributed by atoms with Gasteiger partial charge in [0, 0.05) is 19.2 Å². The monoisotopic (exact) mass is 316 g/mol. The molecule has 0 amide bonds. The van der Waals surface area contributed by atoms with Gasteiger partial charge in [0.15, 0.2) is 4.90 Å². The summed E-state index contributed by atoms with van der Waals surface area (Å²) < 4.78 is 26.3. The van der Waals surface area contributed by atoms with Crippen LogP contribution in [0.5, 0.6) is 0 Å². The Morgan fingerprint density at radius 2 is 1.90 bits per heavy atom. The molecule has 0 bridgehead atoms. The van der Waals surface area contributed by atoms with Crippen LogP contribution in [-0.2, 0) is 10.0 Å². The molecule has 1 aromatic carbocycles. The van der Waals surface area contributed by atoms with Crippen molar-refractivity contribution in [3.63, 3.8) is 0 Å². The minimum atomic E-state index is -3.96. The molecular formula is C12H20N4O4S. The molecule has 1 aromatic rings. The van der Waals surface area contributed by atoms with E-state index in [0.717, 1.165) is 10.4 Å². The van der Waals surface area contributed by atoms with E-state index in [4.69, 9.17) is 5.84 Å². The van der Waals surface area contributed by atoms with Crippen LogP contribution in [0.4, 0.5) is 11.4 Å². The standard InChI is InChI=1S/C12H20N4O4S/c1-8(2)9(3)15(4)21(19,20)12-6-5-10(14-13)7-11(12)16(17)18/h5-9,14H,13H2,1-4H3. The lowest BCUT2D eigenvalue weighted by Gasteiger charge is -2.27. The van der Waals surface area contributed by atoms with Gasteiger partial charge in [0.2, 0.25) is 10.0 Å². The molecule has 3 N–H and O–H groups in total. The number of nitrogen functional groups attached to an aromatic ring is 1. The summed E-state index contributed by atoms with van der Waals surface area (Å²) in [7, 11) is -2.55. The van der Waals surface area contributed by atoms with Crippen molar-refractivity contribution in [2.24, 2.45) is 11.8 Å². The van der Waals surface area contributed by atoms with Crippen LogP contribution in [-0.4, -0.2) is 30.7 Å². The van der Waals surface area contributed by atoms with Gasteiger partial charge in [0.05, 0.1) is 10.6 Å². The first-order valence-corrected chi connectivity index (χ1v) is 7.80. The molecule has 21 heavy (non-hydrogen) atoms. The van der Waals surface area contributed by atoms with Crippen molar-refractivity contribution in [3.05, 3.63) is 28.3 Å². The maximum Gasteiger partial charge on any atom is 0.291 e. The Bertz CT molecular complexity index is 630. The first kappa shape index (κ1) is 17.3. The highest BCUT2D eigenvalue weighted by molar-refractivity contribution is 7.89. The van der Waals surface area contributed by atoms with Crippen molar-refractivity contribution < 1.29 is 13.3 Å². The minimum absolute atomic E-state index is 0.0776. The summed E-state index contributed by atoms with van der Waals surface area (Å²) >= 11 is 0. The zero-order chi connectivity index (χ0) is 16.4. The molecule has 0 radical (unpaired) electrons. The average Bonchev–Trinajstić information content (AvgIpc) is 2.44. The van der Waals surface area contributed by atoms with Gasteiger partial charge in [0.1, 0.15) is 0 Å². The Labute approximate surface area is 124 Å². The number of benzene rings is 1. The van der Waals surface area contributed by atoms with Crippen molar-refractivity contribution in [1.29, 1.82) is 0 Å². The van der Waals surface area contributed by atoms with Gasteiger partial charge in [-0.15, -0.1) is 0 Å². The van der Waals surface area contributed by atoms with Crippen molar-refractivity contribution in [1.82, 2.24) is 4.31 Å². The second-order valence-electron chi connectivity index (χ2n) is 5.09. The van der Waals surface area contributed by atoms with Crippen LogP contribution >= 0.6 is 0 Å². The topological polar surface area (TPSA) is 119 Å². The number of nitrogens with two attached hydrogens (primary N) is 1. The van der Waals surface area contributed by atoms with Crippen molar-refractivity contribution in [2.75, 3.05) is 12.5 Å². The molecule has 8 nitrogen and oxygen atoms in total. The lowest BCUT2D eigenvalue weighted by molar-refractivity contribution is -0.387. The number of nitro benzene ring substituents is 1. The summed E-state index contributed by atoms with van der Waals surface area (Å²) in [6.45, 7) is 5.52. The van der Waals surface area contributed by atoms with Gasteiger partial charge in [-0.3, -0.25) is 16.0 Å². The molecule has 0 aromatic heterocycles. The maximum atomic E-state index is 12.6. The third-order valence-corrected chi connectivity index (χ3v) is 5.51. The number of sulfonamides is 1. The summed E-state index contributed by atoms with van der Waals surface area (Å²) in [4.78, 5) is 10.0. The Balaban J connectivity index is 3.41. The summed E-state index contributed by atoms with van der Waals surface area (Å²) in [5, 5.41) is 11.1. The molecule has 0 saturated heterocycles. The van der Waals surface area contributed by atoms with Crippen LogP contribution in [0.3, 0.4) is 0 Å². The molecule has 0 fully saturated rings. The van der Waals surface area contributed by atoms with E-state index < -0.39 is 20.6 Å².